The molecule has 4 heteroatoms. The number of halogens is 1. The summed E-state index contributed by atoms with van der Waals surface area (Å²) in [6.07, 6.45) is 2.49. The molecule has 2 unspecified atom stereocenters. The van der Waals surface area contributed by atoms with Gasteiger partial charge in [0, 0.05) is 18.4 Å². The molecule has 2 N–H and O–H groups in total. The molecule has 0 radical (unpaired) electrons. The Morgan fingerprint density at radius 3 is 2.93 bits per heavy atom. The first kappa shape index (κ1) is 11.1. The molecule has 0 spiro atoms. The highest BCUT2D eigenvalue weighted by atomic mass is 19.1. The Bertz CT molecular complexity index is 293. The molecule has 14 heavy (non-hydrogen) atoms. The summed E-state index contributed by atoms with van der Waals surface area (Å²) >= 11 is 0. The van der Waals surface area contributed by atoms with E-state index in [9.17, 15) is 4.39 Å². The van der Waals surface area contributed by atoms with Crippen LogP contribution in [0.25, 0.3) is 0 Å². The average Bonchev–Trinajstić information content (AvgIpc) is 2.18. The van der Waals surface area contributed by atoms with E-state index in [1.54, 1.807) is 6.07 Å². The summed E-state index contributed by atoms with van der Waals surface area (Å²) in [5.74, 6) is -0.383. The number of ether oxygens (including phenoxy) is 1. The van der Waals surface area contributed by atoms with Crippen molar-refractivity contribution in [2.75, 3.05) is 6.61 Å². The van der Waals surface area contributed by atoms with Crippen molar-refractivity contribution in [2.24, 2.45) is 5.73 Å². The molecule has 0 aliphatic heterocycles. The Labute approximate surface area is 83.1 Å². The van der Waals surface area contributed by atoms with Crippen LogP contribution in [0.4, 0.5) is 4.39 Å². The number of pyridine rings is 1. The summed E-state index contributed by atoms with van der Waals surface area (Å²) in [5.41, 5.74) is 6.28. The van der Waals surface area contributed by atoms with Crippen LogP contribution in [0.3, 0.4) is 0 Å². The van der Waals surface area contributed by atoms with Crippen LogP contribution in [0.5, 0.6) is 0 Å². The van der Waals surface area contributed by atoms with E-state index in [-0.39, 0.29) is 11.9 Å². The summed E-state index contributed by atoms with van der Waals surface area (Å²) < 4.78 is 18.5. The first-order chi connectivity index (χ1) is 6.66. The van der Waals surface area contributed by atoms with E-state index in [2.05, 4.69) is 4.98 Å². The molecule has 0 aliphatic carbocycles. The molecule has 2 atom stereocenters. The highest BCUT2D eigenvalue weighted by Gasteiger charge is 2.18. The van der Waals surface area contributed by atoms with E-state index in [1.807, 2.05) is 13.8 Å². The van der Waals surface area contributed by atoms with Gasteiger partial charge in [0.25, 0.3) is 0 Å². The van der Waals surface area contributed by atoms with E-state index in [0.29, 0.717) is 12.2 Å². The monoisotopic (exact) mass is 198 g/mol. The molecule has 1 aromatic heterocycles. The van der Waals surface area contributed by atoms with Crippen LogP contribution < -0.4 is 5.73 Å². The van der Waals surface area contributed by atoms with Gasteiger partial charge in [-0.15, -0.1) is 0 Å². The Balaban J connectivity index is 2.78. The van der Waals surface area contributed by atoms with Crippen LogP contribution in [-0.2, 0) is 4.74 Å². The number of rotatable bonds is 4. The molecule has 1 aromatic rings. The van der Waals surface area contributed by atoms with Crippen molar-refractivity contribution in [3.63, 3.8) is 0 Å². The van der Waals surface area contributed by atoms with Crippen molar-refractivity contribution in [1.29, 1.82) is 0 Å². The first-order valence-corrected chi connectivity index (χ1v) is 4.63. The molecule has 0 saturated heterocycles. The quantitative estimate of drug-likeness (QED) is 0.800. The van der Waals surface area contributed by atoms with E-state index < -0.39 is 6.04 Å². The van der Waals surface area contributed by atoms with Crippen molar-refractivity contribution in [1.82, 2.24) is 4.98 Å². The van der Waals surface area contributed by atoms with Gasteiger partial charge in [-0.05, 0) is 19.9 Å². The standard InChI is InChI=1S/C10H15FN2O/c1-3-14-7(2)10(12)8-4-5-13-6-9(8)11/h4-7,10H,3,12H2,1-2H3. The molecular weight excluding hydrogens is 183 g/mol. The van der Waals surface area contributed by atoms with Crippen molar-refractivity contribution < 1.29 is 9.13 Å². The molecule has 0 amide bonds. The van der Waals surface area contributed by atoms with Gasteiger partial charge in [0.15, 0.2) is 0 Å². The maximum absolute atomic E-state index is 13.2. The van der Waals surface area contributed by atoms with Crippen LogP contribution >= 0.6 is 0 Å². The SMILES string of the molecule is CCOC(C)C(N)c1ccncc1F. The lowest BCUT2D eigenvalue weighted by atomic mass is 10.0. The molecule has 1 rings (SSSR count). The van der Waals surface area contributed by atoms with Gasteiger partial charge in [0.2, 0.25) is 0 Å². The number of hydrogen-bond acceptors (Lipinski definition) is 3. The molecule has 1 heterocycles. The topological polar surface area (TPSA) is 48.1 Å². The first-order valence-electron chi connectivity index (χ1n) is 4.63. The van der Waals surface area contributed by atoms with Gasteiger partial charge < -0.3 is 10.5 Å². The zero-order valence-corrected chi connectivity index (χ0v) is 8.40. The fourth-order valence-electron chi connectivity index (χ4n) is 1.28. The molecule has 78 valence electrons. The largest absolute Gasteiger partial charge is 0.377 e. The van der Waals surface area contributed by atoms with Crippen molar-refractivity contribution >= 4 is 0 Å². The molecular formula is C10H15FN2O. The third-order valence-corrected chi connectivity index (χ3v) is 2.10. The summed E-state index contributed by atoms with van der Waals surface area (Å²) in [5, 5.41) is 0. The second-order valence-electron chi connectivity index (χ2n) is 3.08. The van der Waals surface area contributed by atoms with Crippen LogP contribution in [0, 0.1) is 5.82 Å². The van der Waals surface area contributed by atoms with Gasteiger partial charge in [-0.3, -0.25) is 4.98 Å². The zero-order valence-electron chi connectivity index (χ0n) is 8.40. The fraction of sp³-hybridized carbons (Fsp3) is 0.500. The van der Waals surface area contributed by atoms with E-state index >= 15 is 0 Å². The van der Waals surface area contributed by atoms with Gasteiger partial charge in [0.05, 0.1) is 18.3 Å². The number of nitrogens with two attached hydrogens (primary N) is 1. The molecule has 3 nitrogen and oxygen atoms in total. The predicted molar refractivity (Wildman–Crippen MR) is 52.2 cm³/mol. The molecule has 0 saturated carbocycles. The summed E-state index contributed by atoms with van der Waals surface area (Å²) in [6, 6.07) is 1.13. The fourth-order valence-corrected chi connectivity index (χ4v) is 1.28. The second-order valence-corrected chi connectivity index (χ2v) is 3.08. The van der Waals surface area contributed by atoms with Crippen LogP contribution in [0.15, 0.2) is 18.5 Å². The number of aromatic nitrogens is 1. The Morgan fingerprint density at radius 2 is 2.36 bits per heavy atom. The van der Waals surface area contributed by atoms with E-state index in [1.165, 1.54) is 6.20 Å². The predicted octanol–water partition coefficient (Wildman–Crippen LogP) is 1.65. The third kappa shape index (κ3) is 2.49. The lowest BCUT2D eigenvalue weighted by Gasteiger charge is -2.20. The Hall–Kier alpha value is -1.00. The Kier molecular flexibility index (Phi) is 3.98. The minimum atomic E-state index is -0.446. The maximum Gasteiger partial charge on any atom is 0.146 e. The van der Waals surface area contributed by atoms with Gasteiger partial charge in [0.1, 0.15) is 5.82 Å². The summed E-state index contributed by atoms with van der Waals surface area (Å²) in [6.45, 7) is 4.28. The number of hydrogen-bond donors (Lipinski definition) is 1. The van der Waals surface area contributed by atoms with E-state index in [0.717, 1.165) is 6.20 Å². The molecule has 0 aliphatic rings. The normalized spacial score (nSPS) is 15.1. The van der Waals surface area contributed by atoms with Crippen molar-refractivity contribution in [3.05, 3.63) is 29.8 Å². The van der Waals surface area contributed by atoms with Gasteiger partial charge in [-0.25, -0.2) is 4.39 Å². The molecule has 0 aromatic carbocycles. The summed E-state index contributed by atoms with van der Waals surface area (Å²) in [4.78, 5) is 3.66. The minimum Gasteiger partial charge on any atom is -0.377 e. The van der Waals surface area contributed by atoms with Gasteiger partial charge in [-0.1, -0.05) is 0 Å². The zero-order chi connectivity index (χ0) is 10.6. The average molecular weight is 198 g/mol. The van der Waals surface area contributed by atoms with E-state index in [4.69, 9.17) is 10.5 Å². The maximum atomic E-state index is 13.2. The Morgan fingerprint density at radius 1 is 1.64 bits per heavy atom. The minimum absolute atomic E-state index is 0.197. The lowest BCUT2D eigenvalue weighted by Crippen LogP contribution is -2.27. The smallest absolute Gasteiger partial charge is 0.146 e. The molecule has 0 bridgehead atoms. The van der Waals surface area contributed by atoms with Crippen LogP contribution in [0.2, 0.25) is 0 Å². The van der Waals surface area contributed by atoms with Crippen molar-refractivity contribution in [2.45, 2.75) is 26.0 Å². The van der Waals surface area contributed by atoms with Crippen molar-refractivity contribution in [3.8, 4) is 0 Å². The van der Waals surface area contributed by atoms with Crippen LogP contribution in [-0.4, -0.2) is 17.7 Å². The summed E-state index contributed by atoms with van der Waals surface area (Å²) in [7, 11) is 0. The third-order valence-electron chi connectivity index (χ3n) is 2.10. The highest BCUT2D eigenvalue weighted by molar-refractivity contribution is 5.17. The highest BCUT2D eigenvalue weighted by Crippen LogP contribution is 2.18. The van der Waals surface area contributed by atoms with Crippen LogP contribution in [0.1, 0.15) is 25.5 Å². The molecule has 0 fully saturated rings. The number of nitrogens with zero attached hydrogens (tertiary/aromatic N) is 1. The van der Waals surface area contributed by atoms with Gasteiger partial charge >= 0.3 is 0 Å². The second kappa shape index (κ2) is 5.02. The van der Waals surface area contributed by atoms with Gasteiger partial charge in [-0.2, -0.15) is 0 Å². The lowest BCUT2D eigenvalue weighted by molar-refractivity contribution is 0.0566.